The zero-order valence-corrected chi connectivity index (χ0v) is 7.12. The van der Waals surface area contributed by atoms with Crippen molar-refractivity contribution in [3.05, 3.63) is 36.8 Å². The standard InChI is InChI=1S/C8H9ClO3/c1-3-6(8(10)11)7(5-9)12-4-2/h3-6H,1-2H2,(H,10,11). The fourth-order valence-corrected chi connectivity index (χ4v) is 0.789. The second kappa shape index (κ2) is 5.43. The molecule has 0 saturated heterocycles. The molecular weight excluding hydrogens is 180 g/mol. The number of rotatable bonds is 5. The van der Waals surface area contributed by atoms with Gasteiger partial charge in [0.25, 0.3) is 0 Å². The van der Waals surface area contributed by atoms with Gasteiger partial charge in [-0.1, -0.05) is 24.3 Å². The van der Waals surface area contributed by atoms with Crippen molar-refractivity contribution in [3.63, 3.8) is 0 Å². The van der Waals surface area contributed by atoms with Crippen molar-refractivity contribution in [2.75, 3.05) is 0 Å². The third-order valence-corrected chi connectivity index (χ3v) is 1.35. The van der Waals surface area contributed by atoms with Crippen LogP contribution in [-0.4, -0.2) is 11.1 Å². The van der Waals surface area contributed by atoms with Gasteiger partial charge in [0.05, 0.1) is 6.26 Å². The molecule has 12 heavy (non-hydrogen) atoms. The summed E-state index contributed by atoms with van der Waals surface area (Å²) in [6.45, 7) is 6.61. The molecule has 1 atom stereocenters. The molecule has 0 saturated carbocycles. The Labute approximate surface area is 75.6 Å². The van der Waals surface area contributed by atoms with E-state index < -0.39 is 11.9 Å². The summed E-state index contributed by atoms with van der Waals surface area (Å²) in [5, 5.41) is 8.62. The van der Waals surface area contributed by atoms with Crippen molar-refractivity contribution < 1.29 is 14.6 Å². The fourth-order valence-electron chi connectivity index (χ4n) is 0.602. The SMILES string of the molecule is C=COC(=CCl)C(C=C)C(=O)O. The maximum atomic E-state index is 10.5. The van der Waals surface area contributed by atoms with Crippen LogP contribution >= 0.6 is 11.6 Å². The minimum Gasteiger partial charge on any atom is -0.480 e. The summed E-state index contributed by atoms with van der Waals surface area (Å²) in [5.41, 5.74) is 1.04. The van der Waals surface area contributed by atoms with Crippen molar-refractivity contribution in [1.29, 1.82) is 0 Å². The Balaban J connectivity index is 4.56. The second-order valence-corrected chi connectivity index (χ2v) is 2.07. The van der Waals surface area contributed by atoms with Gasteiger partial charge in [0, 0.05) is 5.54 Å². The minimum absolute atomic E-state index is 0.0918. The van der Waals surface area contributed by atoms with Crippen molar-refractivity contribution in [1.82, 2.24) is 0 Å². The highest BCUT2D eigenvalue weighted by molar-refractivity contribution is 6.25. The third-order valence-electron chi connectivity index (χ3n) is 1.14. The first-order chi connectivity index (χ1) is 5.67. The van der Waals surface area contributed by atoms with E-state index in [0.29, 0.717) is 0 Å². The molecule has 3 nitrogen and oxygen atoms in total. The van der Waals surface area contributed by atoms with E-state index in [1.807, 2.05) is 0 Å². The molecule has 0 aromatic carbocycles. The number of ether oxygens (including phenoxy) is 1. The average molecular weight is 189 g/mol. The molecule has 0 radical (unpaired) electrons. The first kappa shape index (κ1) is 10.8. The van der Waals surface area contributed by atoms with Crippen LogP contribution in [-0.2, 0) is 9.53 Å². The number of aliphatic carboxylic acids is 1. The molecule has 0 heterocycles. The molecular formula is C8H9ClO3. The van der Waals surface area contributed by atoms with E-state index in [2.05, 4.69) is 13.2 Å². The van der Waals surface area contributed by atoms with Gasteiger partial charge in [-0.05, 0) is 0 Å². The van der Waals surface area contributed by atoms with Crippen LogP contribution in [0.3, 0.4) is 0 Å². The molecule has 0 aromatic heterocycles. The zero-order chi connectivity index (χ0) is 9.56. The Morgan fingerprint density at radius 3 is 2.42 bits per heavy atom. The normalized spacial score (nSPS) is 13.2. The lowest BCUT2D eigenvalue weighted by molar-refractivity contribution is -0.139. The molecule has 4 heteroatoms. The van der Waals surface area contributed by atoms with E-state index in [4.69, 9.17) is 21.4 Å². The molecule has 0 fully saturated rings. The third kappa shape index (κ3) is 2.80. The molecule has 1 N–H and O–H groups in total. The van der Waals surface area contributed by atoms with Gasteiger partial charge in [-0.25, -0.2) is 0 Å². The summed E-state index contributed by atoms with van der Waals surface area (Å²) in [6.07, 6.45) is 2.33. The summed E-state index contributed by atoms with van der Waals surface area (Å²) in [7, 11) is 0. The van der Waals surface area contributed by atoms with Crippen LogP contribution in [0.2, 0.25) is 0 Å². The van der Waals surface area contributed by atoms with Gasteiger partial charge in [-0.3, -0.25) is 4.79 Å². The van der Waals surface area contributed by atoms with Gasteiger partial charge in [-0.15, -0.1) is 6.58 Å². The molecule has 66 valence electrons. The summed E-state index contributed by atoms with van der Waals surface area (Å²) in [4.78, 5) is 10.5. The zero-order valence-electron chi connectivity index (χ0n) is 6.37. The van der Waals surface area contributed by atoms with Gasteiger partial charge < -0.3 is 9.84 Å². The van der Waals surface area contributed by atoms with E-state index in [0.717, 1.165) is 11.8 Å². The highest BCUT2D eigenvalue weighted by atomic mass is 35.5. The molecule has 0 amide bonds. The minimum atomic E-state index is -1.07. The number of hydrogen-bond acceptors (Lipinski definition) is 2. The van der Waals surface area contributed by atoms with Crippen LogP contribution in [0, 0.1) is 5.92 Å². The number of hydrogen-bond donors (Lipinski definition) is 1. The fraction of sp³-hybridized carbons (Fsp3) is 0.125. The Kier molecular flexibility index (Phi) is 4.88. The number of carboxylic acids is 1. The van der Waals surface area contributed by atoms with Crippen molar-refractivity contribution in [2.24, 2.45) is 5.92 Å². The molecule has 1 unspecified atom stereocenters. The van der Waals surface area contributed by atoms with E-state index >= 15 is 0 Å². The maximum absolute atomic E-state index is 10.5. The summed E-state index contributed by atoms with van der Waals surface area (Å²) < 4.78 is 4.75. The molecule has 0 aromatic rings. The summed E-state index contributed by atoms with van der Waals surface area (Å²) in [5.74, 6) is -1.91. The Bertz CT molecular complexity index is 220. The lowest BCUT2D eigenvalue weighted by Crippen LogP contribution is -2.13. The van der Waals surface area contributed by atoms with Crippen LogP contribution in [0.15, 0.2) is 36.8 Å². The first-order valence-electron chi connectivity index (χ1n) is 3.10. The highest BCUT2D eigenvalue weighted by Crippen LogP contribution is 2.15. The quantitative estimate of drug-likeness (QED) is 0.531. The van der Waals surface area contributed by atoms with Crippen molar-refractivity contribution >= 4 is 17.6 Å². The smallest absolute Gasteiger partial charge is 0.318 e. The van der Waals surface area contributed by atoms with E-state index in [1.165, 1.54) is 6.08 Å². The number of carbonyl (C=O) groups is 1. The molecule has 0 aliphatic carbocycles. The average Bonchev–Trinajstić information content (AvgIpc) is 2.03. The monoisotopic (exact) mass is 188 g/mol. The lowest BCUT2D eigenvalue weighted by atomic mass is 10.1. The van der Waals surface area contributed by atoms with Crippen molar-refractivity contribution in [2.45, 2.75) is 0 Å². The number of halogens is 1. The second-order valence-electron chi connectivity index (χ2n) is 1.85. The van der Waals surface area contributed by atoms with Crippen LogP contribution in [0.1, 0.15) is 0 Å². The Morgan fingerprint density at radius 1 is 1.58 bits per heavy atom. The Hall–Kier alpha value is -1.22. The van der Waals surface area contributed by atoms with Crippen LogP contribution in [0.4, 0.5) is 0 Å². The topological polar surface area (TPSA) is 46.5 Å². The molecule has 0 spiro atoms. The molecule has 0 aliphatic heterocycles. The van der Waals surface area contributed by atoms with Crippen LogP contribution in [0.5, 0.6) is 0 Å². The van der Waals surface area contributed by atoms with Crippen LogP contribution in [0.25, 0.3) is 0 Å². The number of carboxylic acid groups (broad SMARTS) is 1. The van der Waals surface area contributed by atoms with Gasteiger partial charge in [-0.2, -0.15) is 0 Å². The predicted octanol–water partition coefficient (Wildman–Crippen LogP) is 2.11. The maximum Gasteiger partial charge on any atom is 0.318 e. The van der Waals surface area contributed by atoms with Crippen molar-refractivity contribution in [3.8, 4) is 0 Å². The van der Waals surface area contributed by atoms with Crippen LogP contribution < -0.4 is 0 Å². The van der Waals surface area contributed by atoms with E-state index in [-0.39, 0.29) is 5.76 Å². The Morgan fingerprint density at radius 2 is 2.17 bits per heavy atom. The molecule has 0 aliphatic rings. The summed E-state index contributed by atoms with van der Waals surface area (Å²) in [6, 6.07) is 0. The van der Waals surface area contributed by atoms with E-state index in [1.54, 1.807) is 0 Å². The summed E-state index contributed by atoms with van der Waals surface area (Å²) >= 11 is 5.32. The van der Waals surface area contributed by atoms with Gasteiger partial charge in [0.15, 0.2) is 0 Å². The van der Waals surface area contributed by atoms with Gasteiger partial charge >= 0.3 is 5.97 Å². The van der Waals surface area contributed by atoms with Gasteiger partial charge in [0.1, 0.15) is 11.7 Å². The highest BCUT2D eigenvalue weighted by Gasteiger charge is 2.19. The predicted molar refractivity (Wildman–Crippen MR) is 46.5 cm³/mol. The largest absolute Gasteiger partial charge is 0.480 e. The first-order valence-corrected chi connectivity index (χ1v) is 3.54. The van der Waals surface area contributed by atoms with E-state index in [9.17, 15) is 4.79 Å². The molecule has 0 bridgehead atoms. The lowest BCUT2D eigenvalue weighted by Gasteiger charge is -2.09. The van der Waals surface area contributed by atoms with Gasteiger partial charge in [0.2, 0.25) is 0 Å². The molecule has 0 rings (SSSR count).